The van der Waals surface area contributed by atoms with Gasteiger partial charge in [0.05, 0.1) is 0 Å². The second-order valence-electron chi connectivity index (χ2n) is 6.44. The number of nitrogens with zero attached hydrogens (tertiary/aromatic N) is 4. The van der Waals surface area contributed by atoms with E-state index in [0.29, 0.717) is 6.54 Å². The molecule has 1 aromatic rings. The average Bonchev–Trinajstić information content (AvgIpc) is 3.03. The van der Waals surface area contributed by atoms with Gasteiger partial charge in [0.1, 0.15) is 0 Å². The van der Waals surface area contributed by atoms with Gasteiger partial charge in [0.15, 0.2) is 0 Å². The van der Waals surface area contributed by atoms with Crippen molar-refractivity contribution in [3.05, 3.63) is 18.5 Å². The van der Waals surface area contributed by atoms with Crippen LogP contribution in [0.5, 0.6) is 0 Å². The molecular formula is C16H26N6O. The van der Waals surface area contributed by atoms with E-state index in [9.17, 15) is 4.79 Å². The van der Waals surface area contributed by atoms with E-state index in [0.717, 1.165) is 57.9 Å². The van der Waals surface area contributed by atoms with Crippen molar-refractivity contribution in [3.8, 4) is 0 Å². The van der Waals surface area contributed by atoms with E-state index in [-0.39, 0.29) is 17.9 Å². The van der Waals surface area contributed by atoms with Crippen LogP contribution < -0.4 is 16.0 Å². The van der Waals surface area contributed by atoms with Gasteiger partial charge in [0, 0.05) is 63.6 Å². The van der Waals surface area contributed by atoms with Crippen molar-refractivity contribution in [2.75, 3.05) is 44.2 Å². The number of carbonyl (C=O) groups is 1. The maximum atomic E-state index is 12.1. The number of hydrogen-bond donors (Lipinski definition) is 2. The van der Waals surface area contributed by atoms with E-state index in [4.69, 9.17) is 5.73 Å². The zero-order valence-corrected chi connectivity index (χ0v) is 13.5. The third kappa shape index (κ3) is 4.39. The first-order valence-electron chi connectivity index (χ1n) is 8.50. The molecule has 1 saturated heterocycles. The fraction of sp³-hybridized carbons (Fsp3) is 0.688. The van der Waals surface area contributed by atoms with Gasteiger partial charge in [-0.05, 0) is 25.3 Å². The number of aromatic nitrogens is 2. The van der Waals surface area contributed by atoms with Crippen molar-refractivity contribution < 1.29 is 4.79 Å². The normalized spacial score (nSPS) is 25.5. The Bertz CT molecular complexity index is 503. The molecule has 0 radical (unpaired) electrons. The molecule has 2 aliphatic rings. The Hall–Kier alpha value is -1.73. The summed E-state index contributed by atoms with van der Waals surface area (Å²) in [5.74, 6) is 1.10. The Morgan fingerprint density at radius 3 is 2.61 bits per heavy atom. The lowest BCUT2D eigenvalue weighted by Crippen LogP contribution is -2.49. The van der Waals surface area contributed by atoms with Crippen molar-refractivity contribution in [1.29, 1.82) is 0 Å². The first-order chi connectivity index (χ1) is 11.2. The lowest BCUT2D eigenvalue weighted by atomic mass is 10.1. The second kappa shape index (κ2) is 7.70. The van der Waals surface area contributed by atoms with Gasteiger partial charge in [-0.1, -0.05) is 0 Å². The van der Waals surface area contributed by atoms with Crippen LogP contribution in [0.1, 0.15) is 19.3 Å². The predicted octanol–water partition coefficient (Wildman–Crippen LogP) is -0.158. The maximum Gasteiger partial charge on any atom is 0.225 e. The van der Waals surface area contributed by atoms with Crippen LogP contribution >= 0.6 is 0 Å². The largest absolute Gasteiger partial charge is 0.355 e. The van der Waals surface area contributed by atoms with E-state index >= 15 is 0 Å². The Kier molecular flexibility index (Phi) is 5.40. The molecule has 126 valence electrons. The van der Waals surface area contributed by atoms with Crippen molar-refractivity contribution in [2.24, 2.45) is 11.7 Å². The minimum absolute atomic E-state index is 0.122. The maximum absolute atomic E-state index is 12.1. The monoisotopic (exact) mass is 318 g/mol. The summed E-state index contributed by atoms with van der Waals surface area (Å²) in [6.07, 6.45) is 6.30. The second-order valence-corrected chi connectivity index (χ2v) is 6.44. The summed E-state index contributed by atoms with van der Waals surface area (Å²) in [6, 6.07) is 2.04. The molecule has 3 rings (SSSR count). The Labute approximate surface area is 137 Å². The highest BCUT2D eigenvalue weighted by Gasteiger charge is 2.27. The summed E-state index contributed by atoms with van der Waals surface area (Å²) < 4.78 is 0. The van der Waals surface area contributed by atoms with Gasteiger partial charge in [0.2, 0.25) is 11.9 Å². The highest BCUT2D eigenvalue weighted by atomic mass is 16.1. The van der Waals surface area contributed by atoms with Gasteiger partial charge in [0.25, 0.3) is 0 Å². The minimum atomic E-state index is 0.122. The fourth-order valence-electron chi connectivity index (χ4n) is 3.36. The third-order valence-corrected chi connectivity index (χ3v) is 4.78. The highest BCUT2D eigenvalue weighted by molar-refractivity contribution is 5.78. The van der Waals surface area contributed by atoms with Gasteiger partial charge in [-0.25, -0.2) is 9.97 Å². The van der Waals surface area contributed by atoms with E-state index in [1.165, 1.54) is 0 Å². The zero-order chi connectivity index (χ0) is 16.1. The molecule has 1 amide bonds. The summed E-state index contributed by atoms with van der Waals surface area (Å²) in [4.78, 5) is 25.2. The van der Waals surface area contributed by atoms with Crippen LogP contribution in [0.2, 0.25) is 0 Å². The number of nitrogens with one attached hydrogen (secondary N) is 1. The number of rotatable bonds is 5. The van der Waals surface area contributed by atoms with Crippen LogP contribution in [0.3, 0.4) is 0 Å². The van der Waals surface area contributed by atoms with E-state index in [1.54, 1.807) is 12.4 Å². The number of hydrogen-bond acceptors (Lipinski definition) is 6. The fourth-order valence-corrected chi connectivity index (χ4v) is 3.36. The molecule has 2 heterocycles. The van der Waals surface area contributed by atoms with E-state index in [2.05, 4.69) is 25.1 Å². The lowest BCUT2D eigenvalue weighted by molar-refractivity contribution is -0.124. The Morgan fingerprint density at radius 2 is 1.96 bits per heavy atom. The van der Waals surface area contributed by atoms with Crippen molar-refractivity contribution in [2.45, 2.75) is 25.3 Å². The molecule has 0 spiro atoms. The van der Waals surface area contributed by atoms with Gasteiger partial charge >= 0.3 is 0 Å². The predicted molar refractivity (Wildman–Crippen MR) is 89.0 cm³/mol. The summed E-state index contributed by atoms with van der Waals surface area (Å²) in [6.45, 7) is 5.41. The lowest BCUT2D eigenvalue weighted by Gasteiger charge is -2.34. The van der Waals surface area contributed by atoms with Gasteiger partial charge in [-0.2, -0.15) is 0 Å². The molecule has 2 fully saturated rings. The van der Waals surface area contributed by atoms with Gasteiger partial charge in [-0.15, -0.1) is 0 Å². The molecule has 2 unspecified atom stereocenters. The van der Waals surface area contributed by atoms with Crippen LogP contribution in [-0.4, -0.2) is 66.1 Å². The average molecular weight is 318 g/mol. The van der Waals surface area contributed by atoms with Crippen LogP contribution in [0.25, 0.3) is 0 Å². The van der Waals surface area contributed by atoms with Crippen LogP contribution in [0.4, 0.5) is 5.95 Å². The number of piperazine rings is 1. The van der Waals surface area contributed by atoms with E-state index in [1.807, 2.05) is 6.07 Å². The standard InChI is InChI=1S/C16H26N6O/c17-14-3-2-13(12-14)15(23)18-6-7-21-8-10-22(11-9-21)16-19-4-1-5-20-16/h1,4-5,13-14H,2-3,6-12,17H2,(H,18,23). The third-order valence-electron chi connectivity index (χ3n) is 4.78. The van der Waals surface area contributed by atoms with Gasteiger partial charge < -0.3 is 16.0 Å². The molecule has 1 aliphatic carbocycles. The molecule has 1 saturated carbocycles. The summed E-state index contributed by atoms with van der Waals surface area (Å²) in [7, 11) is 0. The molecule has 7 heteroatoms. The molecule has 2 atom stereocenters. The molecule has 23 heavy (non-hydrogen) atoms. The molecule has 0 bridgehead atoms. The SMILES string of the molecule is NC1CCC(C(=O)NCCN2CCN(c3ncccn3)CC2)C1. The Morgan fingerprint density at radius 1 is 1.22 bits per heavy atom. The molecule has 1 aromatic heterocycles. The van der Waals surface area contributed by atoms with Crippen molar-refractivity contribution >= 4 is 11.9 Å². The topological polar surface area (TPSA) is 87.4 Å². The minimum Gasteiger partial charge on any atom is -0.355 e. The van der Waals surface area contributed by atoms with Crippen LogP contribution in [-0.2, 0) is 4.79 Å². The molecule has 0 aromatic carbocycles. The zero-order valence-electron chi connectivity index (χ0n) is 13.5. The van der Waals surface area contributed by atoms with E-state index < -0.39 is 0 Å². The van der Waals surface area contributed by atoms with Crippen LogP contribution in [0.15, 0.2) is 18.5 Å². The molecule has 3 N–H and O–H groups in total. The van der Waals surface area contributed by atoms with Crippen LogP contribution in [0, 0.1) is 5.92 Å². The summed E-state index contributed by atoms with van der Waals surface area (Å²) in [5, 5.41) is 3.06. The summed E-state index contributed by atoms with van der Waals surface area (Å²) in [5.41, 5.74) is 5.87. The quantitative estimate of drug-likeness (QED) is 0.784. The first-order valence-corrected chi connectivity index (χ1v) is 8.50. The smallest absolute Gasteiger partial charge is 0.225 e. The number of carbonyl (C=O) groups excluding carboxylic acids is 1. The van der Waals surface area contributed by atoms with Gasteiger partial charge in [-0.3, -0.25) is 9.69 Å². The summed E-state index contributed by atoms with van der Waals surface area (Å²) >= 11 is 0. The highest BCUT2D eigenvalue weighted by Crippen LogP contribution is 2.23. The number of nitrogens with two attached hydrogens (primary N) is 1. The number of amides is 1. The molecule has 1 aliphatic heterocycles. The van der Waals surface area contributed by atoms with Crippen molar-refractivity contribution in [1.82, 2.24) is 20.2 Å². The Balaban J connectivity index is 1.34. The number of anilines is 1. The molecular weight excluding hydrogens is 292 g/mol. The molecule has 7 nitrogen and oxygen atoms in total. The van der Waals surface area contributed by atoms with Crippen molar-refractivity contribution in [3.63, 3.8) is 0 Å². The first kappa shape index (κ1) is 16.1.